The molecule has 0 bridgehead atoms. The Bertz CT molecular complexity index is 775. The maximum absolute atomic E-state index is 12.8. The average molecular weight is 306 g/mol. The van der Waals surface area contributed by atoms with Crippen molar-refractivity contribution in [1.29, 1.82) is 0 Å². The largest absolute Gasteiger partial charge is 0.272 e. The summed E-state index contributed by atoms with van der Waals surface area (Å²) < 4.78 is 0. The quantitative estimate of drug-likeness (QED) is 0.829. The molecule has 1 aromatic carbocycles. The Labute approximate surface area is 132 Å². The van der Waals surface area contributed by atoms with Gasteiger partial charge in [0.2, 0.25) is 0 Å². The lowest BCUT2D eigenvalue weighted by Gasteiger charge is -2.33. The number of benzene rings is 1. The summed E-state index contributed by atoms with van der Waals surface area (Å²) >= 11 is 1.66. The molecule has 0 N–H and O–H groups in total. The number of hydrogen-bond donors (Lipinski definition) is 0. The topological polar surface area (TPSA) is 32.7 Å². The Hall–Kier alpha value is -2.46. The van der Waals surface area contributed by atoms with Gasteiger partial charge < -0.3 is 0 Å². The summed E-state index contributed by atoms with van der Waals surface area (Å²) in [6, 6.07) is 13.7. The summed E-state index contributed by atoms with van der Waals surface area (Å²) in [6.45, 7) is 0. The summed E-state index contributed by atoms with van der Waals surface area (Å²) in [5.41, 5.74) is 1.77. The van der Waals surface area contributed by atoms with Gasteiger partial charge in [0.15, 0.2) is 0 Å². The summed E-state index contributed by atoms with van der Waals surface area (Å²) in [7, 11) is 0. The second kappa shape index (κ2) is 5.39. The van der Waals surface area contributed by atoms with Crippen LogP contribution >= 0.6 is 11.3 Å². The summed E-state index contributed by atoms with van der Waals surface area (Å²) in [4.78, 5) is 13.9. The molecule has 0 fully saturated rings. The highest BCUT2D eigenvalue weighted by Crippen LogP contribution is 2.34. The van der Waals surface area contributed by atoms with Crippen LogP contribution < -0.4 is 5.01 Å². The van der Waals surface area contributed by atoms with Gasteiger partial charge in [0, 0.05) is 5.92 Å². The fourth-order valence-corrected chi connectivity index (χ4v) is 3.62. The predicted molar refractivity (Wildman–Crippen MR) is 90.0 cm³/mol. The number of hydrazone groups is 1. The zero-order chi connectivity index (χ0) is 14.9. The zero-order valence-electron chi connectivity index (χ0n) is 11.8. The second-order valence-corrected chi connectivity index (χ2v) is 6.22. The number of carbonyl (C=O) groups excluding carboxylic acids is 1. The summed E-state index contributed by atoms with van der Waals surface area (Å²) in [5.74, 6) is -0.131. The van der Waals surface area contributed by atoms with Crippen molar-refractivity contribution in [3.05, 3.63) is 77.0 Å². The van der Waals surface area contributed by atoms with E-state index in [2.05, 4.69) is 17.2 Å². The van der Waals surface area contributed by atoms with Crippen molar-refractivity contribution in [2.45, 2.75) is 0 Å². The van der Waals surface area contributed by atoms with Crippen LogP contribution in [0.3, 0.4) is 0 Å². The molecule has 4 rings (SSSR count). The number of amides is 1. The maximum Gasteiger partial charge on any atom is 0.255 e. The molecule has 3 nitrogen and oxygen atoms in total. The number of carbonyl (C=O) groups is 1. The first-order valence-corrected chi connectivity index (χ1v) is 8.09. The molecule has 2 heterocycles. The van der Waals surface area contributed by atoms with Crippen molar-refractivity contribution in [3.8, 4) is 0 Å². The first-order chi connectivity index (χ1) is 10.8. The predicted octanol–water partition coefficient (Wildman–Crippen LogP) is 3.86. The van der Waals surface area contributed by atoms with Gasteiger partial charge in [-0.2, -0.15) is 10.1 Å². The molecule has 4 heteroatoms. The second-order valence-electron chi connectivity index (χ2n) is 5.27. The van der Waals surface area contributed by atoms with Gasteiger partial charge in [0.05, 0.1) is 22.2 Å². The Kier molecular flexibility index (Phi) is 3.24. The lowest BCUT2D eigenvalue weighted by molar-refractivity contribution is -0.121. The van der Waals surface area contributed by atoms with Gasteiger partial charge in [-0.05, 0) is 23.6 Å². The molecule has 2 atom stereocenters. The molecule has 2 unspecified atom stereocenters. The molecular weight excluding hydrogens is 292 g/mol. The van der Waals surface area contributed by atoms with Crippen LogP contribution in [-0.4, -0.2) is 11.6 Å². The van der Waals surface area contributed by atoms with Crippen molar-refractivity contribution in [1.82, 2.24) is 0 Å². The number of para-hydroxylation sites is 1. The molecule has 108 valence electrons. The lowest BCUT2D eigenvalue weighted by atomic mass is 9.82. The SMILES string of the molecule is O=C1C2C=CC=CC2C(c2cccs2)=NN1c1ccccc1. The molecule has 0 saturated carbocycles. The first-order valence-electron chi connectivity index (χ1n) is 7.21. The Morgan fingerprint density at radius 3 is 2.45 bits per heavy atom. The van der Waals surface area contributed by atoms with Crippen molar-refractivity contribution in [3.63, 3.8) is 0 Å². The fraction of sp³-hybridized carbons (Fsp3) is 0.111. The van der Waals surface area contributed by atoms with E-state index in [0.29, 0.717) is 0 Å². The standard InChI is InChI=1S/C18H14N2OS/c21-18-15-10-5-4-9-14(15)17(16-11-6-12-22-16)19-20(18)13-7-2-1-3-8-13/h1-12,14-15H. The number of fused-ring (bicyclic) bond motifs is 1. The van der Waals surface area contributed by atoms with Gasteiger partial charge >= 0.3 is 0 Å². The monoisotopic (exact) mass is 306 g/mol. The number of nitrogens with zero attached hydrogens (tertiary/aromatic N) is 2. The Balaban J connectivity index is 1.85. The van der Waals surface area contributed by atoms with Gasteiger partial charge in [-0.15, -0.1) is 11.3 Å². The van der Waals surface area contributed by atoms with Crippen LogP contribution in [-0.2, 0) is 4.79 Å². The highest BCUT2D eigenvalue weighted by atomic mass is 32.1. The van der Waals surface area contributed by atoms with E-state index in [0.717, 1.165) is 16.3 Å². The summed E-state index contributed by atoms with van der Waals surface area (Å²) in [5, 5.41) is 8.27. The maximum atomic E-state index is 12.8. The molecular formula is C18H14N2OS. The van der Waals surface area contributed by atoms with Gasteiger partial charge in [-0.25, -0.2) is 0 Å². The minimum atomic E-state index is -0.181. The van der Waals surface area contributed by atoms with E-state index in [-0.39, 0.29) is 17.7 Å². The normalized spacial score (nSPS) is 23.4. The highest BCUT2D eigenvalue weighted by molar-refractivity contribution is 7.12. The minimum Gasteiger partial charge on any atom is -0.272 e. The molecule has 0 spiro atoms. The van der Waals surface area contributed by atoms with Gasteiger partial charge in [0.25, 0.3) is 5.91 Å². The van der Waals surface area contributed by atoms with Gasteiger partial charge in [0.1, 0.15) is 0 Å². The molecule has 1 amide bonds. The third-order valence-corrected chi connectivity index (χ3v) is 4.82. The molecule has 22 heavy (non-hydrogen) atoms. The molecule has 0 radical (unpaired) electrons. The Morgan fingerprint density at radius 1 is 0.955 bits per heavy atom. The third-order valence-electron chi connectivity index (χ3n) is 3.93. The molecule has 2 aliphatic rings. The lowest BCUT2D eigenvalue weighted by Crippen LogP contribution is -2.44. The van der Waals surface area contributed by atoms with E-state index in [9.17, 15) is 4.79 Å². The first kappa shape index (κ1) is 13.2. The fourth-order valence-electron chi connectivity index (χ4n) is 2.86. The van der Waals surface area contributed by atoms with Crippen LogP contribution in [0.25, 0.3) is 0 Å². The zero-order valence-corrected chi connectivity index (χ0v) is 12.6. The number of allylic oxidation sites excluding steroid dienone is 3. The Morgan fingerprint density at radius 2 is 1.73 bits per heavy atom. The minimum absolute atomic E-state index is 0.0242. The van der Waals surface area contributed by atoms with Gasteiger partial charge in [-0.3, -0.25) is 4.79 Å². The summed E-state index contributed by atoms with van der Waals surface area (Å²) in [6.07, 6.45) is 7.99. The number of anilines is 1. The van der Waals surface area contributed by atoms with Crippen LogP contribution in [0, 0.1) is 11.8 Å². The van der Waals surface area contributed by atoms with Crippen molar-refractivity contribution < 1.29 is 4.79 Å². The molecule has 1 aliphatic heterocycles. The van der Waals surface area contributed by atoms with Crippen LogP contribution in [0.15, 0.2) is 77.3 Å². The third kappa shape index (κ3) is 2.12. The van der Waals surface area contributed by atoms with E-state index >= 15 is 0 Å². The van der Waals surface area contributed by atoms with Crippen LogP contribution in [0.2, 0.25) is 0 Å². The number of rotatable bonds is 2. The van der Waals surface area contributed by atoms with Crippen LogP contribution in [0.5, 0.6) is 0 Å². The molecule has 0 saturated heterocycles. The molecule has 1 aliphatic carbocycles. The smallest absolute Gasteiger partial charge is 0.255 e. The van der Waals surface area contributed by atoms with E-state index in [1.807, 2.05) is 60.0 Å². The molecule has 1 aromatic heterocycles. The average Bonchev–Trinajstić information content (AvgIpc) is 3.11. The van der Waals surface area contributed by atoms with Crippen molar-refractivity contribution in [2.75, 3.05) is 5.01 Å². The van der Waals surface area contributed by atoms with Crippen molar-refractivity contribution in [2.24, 2.45) is 16.9 Å². The number of hydrogen-bond acceptors (Lipinski definition) is 3. The van der Waals surface area contributed by atoms with Crippen LogP contribution in [0.4, 0.5) is 5.69 Å². The van der Waals surface area contributed by atoms with E-state index in [1.165, 1.54) is 0 Å². The van der Waals surface area contributed by atoms with Gasteiger partial charge in [-0.1, -0.05) is 48.6 Å². The number of thiophene rings is 1. The van der Waals surface area contributed by atoms with E-state index in [4.69, 9.17) is 0 Å². The van der Waals surface area contributed by atoms with Crippen LogP contribution in [0.1, 0.15) is 4.88 Å². The van der Waals surface area contributed by atoms with Crippen molar-refractivity contribution >= 4 is 28.6 Å². The molecule has 2 aromatic rings. The highest BCUT2D eigenvalue weighted by Gasteiger charge is 2.38. The van der Waals surface area contributed by atoms with E-state index < -0.39 is 0 Å². The van der Waals surface area contributed by atoms with E-state index in [1.54, 1.807) is 16.3 Å².